The highest BCUT2D eigenvalue weighted by Crippen LogP contribution is 2.29. The molecule has 0 aromatic heterocycles. The van der Waals surface area contributed by atoms with Gasteiger partial charge in [0.25, 0.3) is 0 Å². The van der Waals surface area contributed by atoms with Crippen molar-refractivity contribution in [1.29, 1.82) is 0 Å². The molecule has 96 valence electrons. The number of likely N-dealkylation sites (N-methyl/N-ethyl adjacent to an activating group) is 1. The van der Waals surface area contributed by atoms with Crippen LogP contribution in [-0.2, 0) is 0 Å². The van der Waals surface area contributed by atoms with E-state index in [0.29, 0.717) is 17.8 Å². The lowest BCUT2D eigenvalue weighted by Gasteiger charge is -2.20. The van der Waals surface area contributed by atoms with E-state index in [1.54, 1.807) is 19.2 Å². The van der Waals surface area contributed by atoms with Gasteiger partial charge in [-0.3, -0.25) is 0 Å². The average molecular weight is 246 g/mol. The summed E-state index contributed by atoms with van der Waals surface area (Å²) in [5.74, 6) is 0. The van der Waals surface area contributed by atoms with Crippen molar-refractivity contribution < 1.29 is 10.2 Å². The molecule has 5 N–H and O–H groups in total. The number of anilines is 1. The summed E-state index contributed by atoms with van der Waals surface area (Å²) >= 11 is 0. The van der Waals surface area contributed by atoms with Crippen molar-refractivity contribution in [3.63, 3.8) is 0 Å². The molecule has 0 bridgehead atoms. The molecular formula is C14H18N2O2. The number of aliphatic hydroxyl groups is 2. The van der Waals surface area contributed by atoms with Gasteiger partial charge in [0.05, 0.1) is 6.10 Å². The van der Waals surface area contributed by atoms with Gasteiger partial charge in [0, 0.05) is 17.6 Å². The molecule has 0 heterocycles. The van der Waals surface area contributed by atoms with Crippen LogP contribution in [0, 0.1) is 0 Å². The summed E-state index contributed by atoms with van der Waals surface area (Å²) in [7, 11) is 1.73. The van der Waals surface area contributed by atoms with Crippen molar-refractivity contribution in [2.75, 3.05) is 19.3 Å². The van der Waals surface area contributed by atoms with Crippen LogP contribution in [0.3, 0.4) is 0 Å². The standard InChI is InChI=1S/C14H18N2O2/c1-16-8-13(17)14(18)11-6-7-12(15)10-5-3-2-4-9(10)11/h2-7,13-14,16-18H,8,15H2,1H3. The van der Waals surface area contributed by atoms with E-state index >= 15 is 0 Å². The predicted octanol–water partition coefficient (Wildman–Crippen LogP) is 1.04. The lowest BCUT2D eigenvalue weighted by atomic mass is 9.96. The molecule has 4 nitrogen and oxygen atoms in total. The second-order valence-electron chi connectivity index (χ2n) is 4.36. The van der Waals surface area contributed by atoms with Crippen LogP contribution < -0.4 is 11.1 Å². The highest BCUT2D eigenvalue weighted by Gasteiger charge is 2.19. The van der Waals surface area contributed by atoms with Gasteiger partial charge in [-0.1, -0.05) is 30.3 Å². The Morgan fingerprint density at radius 2 is 1.78 bits per heavy atom. The molecule has 0 saturated carbocycles. The molecule has 0 aliphatic carbocycles. The highest BCUT2D eigenvalue weighted by molar-refractivity contribution is 5.95. The number of aliphatic hydroxyl groups excluding tert-OH is 2. The summed E-state index contributed by atoms with van der Waals surface area (Å²) < 4.78 is 0. The van der Waals surface area contributed by atoms with E-state index in [9.17, 15) is 10.2 Å². The van der Waals surface area contributed by atoms with Gasteiger partial charge in [-0.05, 0) is 24.1 Å². The first-order valence-corrected chi connectivity index (χ1v) is 5.93. The Morgan fingerprint density at radius 3 is 2.44 bits per heavy atom. The Kier molecular flexibility index (Phi) is 3.81. The fraction of sp³-hybridized carbons (Fsp3) is 0.286. The smallest absolute Gasteiger partial charge is 0.107 e. The number of nitrogens with one attached hydrogen (secondary N) is 1. The topological polar surface area (TPSA) is 78.5 Å². The lowest BCUT2D eigenvalue weighted by Crippen LogP contribution is -2.29. The van der Waals surface area contributed by atoms with E-state index in [2.05, 4.69) is 5.32 Å². The van der Waals surface area contributed by atoms with E-state index in [0.717, 1.165) is 10.8 Å². The third-order valence-electron chi connectivity index (χ3n) is 3.09. The van der Waals surface area contributed by atoms with Crippen molar-refractivity contribution in [3.8, 4) is 0 Å². The van der Waals surface area contributed by atoms with E-state index in [1.165, 1.54) is 0 Å². The van der Waals surface area contributed by atoms with Crippen LogP contribution >= 0.6 is 0 Å². The summed E-state index contributed by atoms with van der Waals surface area (Å²) in [5.41, 5.74) is 7.27. The minimum atomic E-state index is -0.928. The Hall–Kier alpha value is -1.62. The molecule has 2 atom stereocenters. The van der Waals surface area contributed by atoms with Gasteiger partial charge in [-0.15, -0.1) is 0 Å². The van der Waals surface area contributed by atoms with Crippen molar-refractivity contribution >= 4 is 16.5 Å². The van der Waals surface area contributed by atoms with Crippen LogP contribution in [0.5, 0.6) is 0 Å². The first-order chi connectivity index (χ1) is 8.65. The monoisotopic (exact) mass is 246 g/mol. The molecule has 0 spiro atoms. The zero-order valence-electron chi connectivity index (χ0n) is 10.3. The maximum atomic E-state index is 10.2. The molecule has 0 aliphatic heterocycles. The molecular weight excluding hydrogens is 228 g/mol. The average Bonchev–Trinajstić information content (AvgIpc) is 2.39. The Bertz CT molecular complexity index is 542. The summed E-state index contributed by atoms with van der Waals surface area (Å²) in [5, 5.41) is 24.6. The first kappa shape index (κ1) is 12.8. The van der Waals surface area contributed by atoms with E-state index in [4.69, 9.17) is 5.73 Å². The molecule has 2 aromatic carbocycles. The molecule has 2 unspecified atom stereocenters. The summed E-state index contributed by atoms with van der Waals surface area (Å²) in [4.78, 5) is 0. The van der Waals surface area contributed by atoms with Crippen LogP contribution in [0.2, 0.25) is 0 Å². The van der Waals surface area contributed by atoms with Gasteiger partial charge in [0.2, 0.25) is 0 Å². The fourth-order valence-corrected chi connectivity index (χ4v) is 2.13. The number of nitrogen functional groups attached to an aromatic ring is 1. The zero-order valence-corrected chi connectivity index (χ0v) is 10.3. The largest absolute Gasteiger partial charge is 0.398 e. The number of benzene rings is 2. The summed E-state index contributed by atoms with van der Waals surface area (Å²) in [6.45, 7) is 0.333. The SMILES string of the molecule is CNCC(O)C(O)c1ccc(N)c2ccccc12. The third kappa shape index (κ3) is 2.31. The van der Waals surface area contributed by atoms with Crippen molar-refractivity contribution in [1.82, 2.24) is 5.32 Å². The van der Waals surface area contributed by atoms with Crippen LogP contribution in [0.25, 0.3) is 10.8 Å². The summed E-state index contributed by atoms with van der Waals surface area (Å²) in [6.07, 6.45) is -1.77. The van der Waals surface area contributed by atoms with E-state index in [-0.39, 0.29) is 0 Å². The van der Waals surface area contributed by atoms with Crippen LogP contribution in [0.15, 0.2) is 36.4 Å². The predicted molar refractivity (Wildman–Crippen MR) is 73.3 cm³/mol. The number of rotatable bonds is 4. The molecule has 2 aromatic rings. The third-order valence-corrected chi connectivity index (χ3v) is 3.09. The molecule has 0 aliphatic rings. The second-order valence-corrected chi connectivity index (χ2v) is 4.36. The number of hydrogen-bond acceptors (Lipinski definition) is 4. The Morgan fingerprint density at radius 1 is 1.11 bits per heavy atom. The van der Waals surface area contributed by atoms with Crippen LogP contribution in [0.1, 0.15) is 11.7 Å². The van der Waals surface area contributed by atoms with Gasteiger partial charge in [0.1, 0.15) is 6.10 Å². The summed E-state index contributed by atoms with van der Waals surface area (Å²) in [6, 6.07) is 11.1. The second kappa shape index (κ2) is 5.35. The Labute approximate surface area is 106 Å². The molecule has 18 heavy (non-hydrogen) atoms. The van der Waals surface area contributed by atoms with Crippen LogP contribution in [-0.4, -0.2) is 29.9 Å². The van der Waals surface area contributed by atoms with Gasteiger partial charge in [-0.2, -0.15) is 0 Å². The van der Waals surface area contributed by atoms with Crippen molar-refractivity contribution in [2.45, 2.75) is 12.2 Å². The van der Waals surface area contributed by atoms with Crippen molar-refractivity contribution in [3.05, 3.63) is 42.0 Å². The molecule has 4 heteroatoms. The minimum absolute atomic E-state index is 0.333. The molecule has 0 saturated heterocycles. The van der Waals surface area contributed by atoms with Gasteiger partial charge < -0.3 is 21.3 Å². The van der Waals surface area contributed by atoms with Gasteiger partial charge in [-0.25, -0.2) is 0 Å². The molecule has 0 fully saturated rings. The Balaban J connectivity index is 2.48. The maximum absolute atomic E-state index is 10.2. The van der Waals surface area contributed by atoms with Crippen LogP contribution in [0.4, 0.5) is 5.69 Å². The van der Waals surface area contributed by atoms with Gasteiger partial charge >= 0.3 is 0 Å². The number of hydrogen-bond donors (Lipinski definition) is 4. The van der Waals surface area contributed by atoms with Gasteiger partial charge in [0.15, 0.2) is 0 Å². The lowest BCUT2D eigenvalue weighted by molar-refractivity contribution is 0.0211. The fourth-order valence-electron chi connectivity index (χ4n) is 2.13. The van der Waals surface area contributed by atoms with E-state index in [1.807, 2.05) is 24.3 Å². The normalized spacial score (nSPS) is 14.6. The molecule has 0 radical (unpaired) electrons. The zero-order chi connectivity index (χ0) is 13.1. The molecule has 0 amide bonds. The number of fused-ring (bicyclic) bond motifs is 1. The quantitative estimate of drug-likeness (QED) is 0.608. The first-order valence-electron chi connectivity index (χ1n) is 5.93. The van der Waals surface area contributed by atoms with E-state index < -0.39 is 12.2 Å². The maximum Gasteiger partial charge on any atom is 0.107 e. The highest BCUT2D eigenvalue weighted by atomic mass is 16.3. The minimum Gasteiger partial charge on any atom is -0.398 e. The van der Waals surface area contributed by atoms with Crippen molar-refractivity contribution in [2.24, 2.45) is 0 Å². The number of nitrogens with two attached hydrogens (primary N) is 1. The molecule has 2 rings (SSSR count).